The molecule has 1 saturated heterocycles. The normalized spacial score (nSPS) is 32.2. The maximum absolute atomic E-state index is 5.02. The van der Waals surface area contributed by atoms with Gasteiger partial charge in [-0.3, -0.25) is 4.99 Å². The fraction of sp³-hybridized carbons (Fsp3) is 0.917. The minimum absolute atomic E-state index is 0.705. The van der Waals surface area contributed by atoms with E-state index in [9.17, 15) is 0 Å². The van der Waals surface area contributed by atoms with E-state index in [2.05, 4.69) is 10.3 Å². The molecule has 1 saturated carbocycles. The van der Waals surface area contributed by atoms with E-state index in [0.29, 0.717) is 6.04 Å². The first-order valence-corrected chi connectivity index (χ1v) is 7.31. The first kappa shape index (κ1) is 12.2. The van der Waals surface area contributed by atoms with Crippen LogP contribution in [0.3, 0.4) is 0 Å². The highest BCUT2D eigenvalue weighted by Gasteiger charge is 2.29. The summed E-state index contributed by atoms with van der Waals surface area (Å²) in [7, 11) is 1.74. The third-order valence-electron chi connectivity index (χ3n) is 3.41. The third-order valence-corrected chi connectivity index (χ3v) is 4.53. The van der Waals surface area contributed by atoms with Gasteiger partial charge in [0, 0.05) is 32.1 Å². The molecule has 2 unspecified atom stereocenters. The fourth-order valence-corrected chi connectivity index (χ4v) is 3.65. The lowest BCUT2D eigenvalue weighted by Crippen LogP contribution is -2.46. The van der Waals surface area contributed by atoms with E-state index in [4.69, 9.17) is 4.74 Å². The zero-order valence-electron chi connectivity index (χ0n) is 10.1. The van der Waals surface area contributed by atoms with Crippen LogP contribution < -0.4 is 5.32 Å². The van der Waals surface area contributed by atoms with Gasteiger partial charge in [-0.2, -0.15) is 0 Å². The van der Waals surface area contributed by atoms with Crippen molar-refractivity contribution in [2.45, 2.75) is 38.1 Å². The van der Waals surface area contributed by atoms with E-state index in [-0.39, 0.29) is 0 Å². The molecule has 0 radical (unpaired) electrons. The third kappa shape index (κ3) is 3.39. The van der Waals surface area contributed by atoms with Crippen LogP contribution in [0.4, 0.5) is 0 Å². The van der Waals surface area contributed by atoms with Gasteiger partial charge in [0.15, 0.2) is 5.17 Å². The average molecular weight is 242 g/mol. The molecule has 16 heavy (non-hydrogen) atoms. The first-order valence-electron chi connectivity index (χ1n) is 6.33. The van der Waals surface area contributed by atoms with Gasteiger partial charge >= 0.3 is 0 Å². The topological polar surface area (TPSA) is 33.6 Å². The summed E-state index contributed by atoms with van der Waals surface area (Å²) in [5.74, 6) is 2.15. The molecule has 0 aromatic heterocycles. The van der Waals surface area contributed by atoms with Crippen molar-refractivity contribution >= 4 is 16.9 Å². The van der Waals surface area contributed by atoms with Crippen molar-refractivity contribution in [3.63, 3.8) is 0 Å². The highest BCUT2D eigenvalue weighted by Crippen LogP contribution is 2.31. The van der Waals surface area contributed by atoms with Crippen LogP contribution in [-0.2, 0) is 4.74 Å². The summed E-state index contributed by atoms with van der Waals surface area (Å²) in [5.41, 5.74) is 0. The summed E-state index contributed by atoms with van der Waals surface area (Å²) < 4.78 is 5.02. The summed E-state index contributed by atoms with van der Waals surface area (Å²) in [6, 6.07) is 0.705. The van der Waals surface area contributed by atoms with Gasteiger partial charge in [0.2, 0.25) is 0 Å². The Morgan fingerprint density at radius 2 is 2.31 bits per heavy atom. The zero-order chi connectivity index (χ0) is 11.2. The molecule has 0 spiro atoms. The number of aliphatic imine (C=N–C) groups is 1. The van der Waals surface area contributed by atoms with Crippen LogP contribution in [0.1, 0.15) is 32.1 Å². The molecule has 2 atom stereocenters. The number of hydrogen-bond donors (Lipinski definition) is 1. The Hall–Kier alpha value is -0.220. The minimum Gasteiger partial charge on any atom is -0.385 e. The highest BCUT2D eigenvalue weighted by molar-refractivity contribution is 8.13. The summed E-state index contributed by atoms with van der Waals surface area (Å²) in [4.78, 5) is 4.60. The monoisotopic (exact) mass is 242 g/mol. The Balaban J connectivity index is 1.75. The molecule has 0 aromatic carbocycles. The number of methoxy groups -OCH3 is 1. The van der Waals surface area contributed by atoms with E-state index in [1.165, 1.54) is 36.6 Å². The van der Waals surface area contributed by atoms with Crippen LogP contribution in [0, 0.1) is 5.92 Å². The summed E-state index contributed by atoms with van der Waals surface area (Å²) in [6.07, 6.45) is 6.57. The largest absolute Gasteiger partial charge is 0.385 e. The van der Waals surface area contributed by atoms with Crippen molar-refractivity contribution in [2.24, 2.45) is 10.9 Å². The number of thioether (sulfide) groups is 1. The maximum atomic E-state index is 5.02. The van der Waals surface area contributed by atoms with E-state index < -0.39 is 0 Å². The molecule has 2 aliphatic rings. The van der Waals surface area contributed by atoms with Crippen LogP contribution in [0.2, 0.25) is 0 Å². The van der Waals surface area contributed by atoms with Gasteiger partial charge in [-0.1, -0.05) is 24.6 Å². The van der Waals surface area contributed by atoms with Gasteiger partial charge in [0.05, 0.1) is 0 Å². The minimum atomic E-state index is 0.705. The number of fused-ring (bicyclic) bond motifs is 1. The number of amidine groups is 1. The second-order valence-electron chi connectivity index (χ2n) is 4.64. The van der Waals surface area contributed by atoms with Crippen LogP contribution in [0.15, 0.2) is 4.99 Å². The lowest BCUT2D eigenvalue weighted by Gasteiger charge is -2.36. The molecule has 3 nitrogen and oxygen atoms in total. The summed E-state index contributed by atoms with van der Waals surface area (Å²) in [6.45, 7) is 1.70. The van der Waals surface area contributed by atoms with Crippen molar-refractivity contribution in [2.75, 3.05) is 26.0 Å². The summed E-state index contributed by atoms with van der Waals surface area (Å²) >= 11 is 1.91. The van der Waals surface area contributed by atoms with Crippen LogP contribution in [0.25, 0.3) is 0 Å². The second kappa shape index (κ2) is 6.50. The van der Waals surface area contributed by atoms with Gasteiger partial charge in [-0.15, -0.1) is 0 Å². The Labute approximate surface area is 102 Å². The molecule has 0 bridgehead atoms. The molecule has 2 rings (SSSR count). The predicted octanol–water partition coefficient (Wildman–Crippen LogP) is 2.27. The Bertz CT molecular complexity index is 245. The highest BCUT2D eigenvalue weighted by atomic mass is 32.2. The number of nitrogens with zero attached hydrogens (tertiary/aromatic N) is 1. The van der Waals surface area contributed by atoms with Crippen LogP contribution in [0.5, 0.6) is 0 Å². The standard InChI is InChI=1S/C12H22N2OS/c1-15-8-4-7-13-12-14-11-6-3-2-5-10(11)9-16-12/h10-11H,2-9H2,1H3,(H,13,14). The molecular formula is C12H22N2OS. The van der Waals surface area contributed by atoms with Gasteiger partial charge in [0.1, 0.15) is 0 Å². The van der Waals surface area contributed by atoms with Gasteiger partial charge < -0.3 is 10.1 Å². The van der Waals surface area contributed by atoms with Crippen molar-refractivity contribution in [1.82, 2.24) is 5.32 Å². The van der Waals surface area contributed by atoms with Gasteiger partial charge in [-0.05, 0) is 25.2 Å². The SMILES string of the molecule is COCCCN=C1NC2CCCCC2CS1. The van der Waals surface area contributed by atoms with E-state index in [0.717, 1.165) is 25.5 Å². The van der Waals surface area contributed by atoms with E-state index in [1.54, 1.807) is 7.11 Å². The Kier molecular flexibility index (Phi) is 4.97. The fourth-order valence-electron chi connectivity index (χ4n) is 2.46. The van der Waals surface area contributed by atoms with E-state index >= 15 is 0 Å². The molecule has 0 aromatic rings. The smallest absolute Gasteiger partial charge is 0.156 e. The molecule has 0 amide bonds. The van der Waals surface area contributed by atoms with Crippen molar-refractivity contribution in [3.8, 4) is 0 Å². The Morgan fingerprint density at radius 1 is 1.44 bits per heavy atom. The van der Waals surface area contributed by atoms with Crippen LogP contribution in [-0.4, -0.2) is 37.2 Å². The molecule has 1 aliphatic carbocycles. The predicted molar refractivity (Wildman–Crippen MR) is 70.1 cm³/mol. The molecule has 1 heterocycles. The first-order chi connectivity index (χ1) is 7.90. The molecule has 1 N–H and O–H groups in total. The second-order valence-corrected chi connectivity index (χ2v) is 5.65. The van der Waals surface area contributed by atoms with Crippen LogP contribution >= 0.6 is 11.8 Å². The number of hydrogen-bond acceptors (Lipinski definition) is 3. The number of rotatable bonds is 4. The summed E-state index contributed by atoms with van der Waals surface area (Å²) in [5, 5.41) is 4.77. The average Bonchev–Trinajstić information content (AvgIpc) is 2.34. The van der Waals surface area contributed by atoms with Crippen molar-refractivity contribution in [3.05, 3.63) is 0 Å². The molecule has 4 heteroatoms. The molecule has 2 fully saturated rings. The molecular weight excluding hydrogens is 220 g/mol. The van der Waals surface area contributed by atoms with Crippen molar-refractivity contribution < 1.29 is 4.74 Å². The Morgan fingerprint density at radius 3 is 3.19 bits per heavy atom. The number of ether oxygens (including phenoxy) is 1. The van der Waals surface area contributed by atoms with Gasteiger partial charge in [0.25, 0.3) is 0 Å². The lowest BCUT2D eigenvalue weighted by molar-refractivity contribution is 0.197. The maximum Gasteiger partial charge on any atom is 0.156 e. The van der Waals surface area contributed by atoms with E-state index in [1.807, 2.05) is 11.8 Å². The molecule has 1 aliphatic heterocycles. The molecule has 92 valence electrons. The quantitative estimate of drug-likeness (QED) is 0.768. The number of nitrogens with one attached hydrogen (secondary N) is 1. The zero-order valence-corrected chi connectivity index (χ0v) is 10.9. The van der Waals surface area contributed by atoms with Gasteiger partial charge in [-0.25, -0.2) is 0 Å². The van der Waals surface area contributed by atoms with Crippen molar-refractivity contribution in [1.29, 1.82) is 0 Å². The lowest BCUT2D eigenvalue weighted by atomic mass is 9.86.